The van der Waals surface area contributed by atoms with Crippen molar-refractivity contribution in [3.8, 4) is 11.5 Å². The maximum absolute atomic E-state index is 12.7. The molecule has 2 saturated heterocycles. The molecule has 2 heterocycles. The SMILES string of the molecule is COc1ccc(C(OC2CC(N3CC(C)C(=O)NC3=O)OC2CO)(c2ccccc2)c2ccc(OC)cc2)cc1. The molecule has 40 heavy (non-hydrogen) atoms. The Morgan fingerprint density at radius 3 is 1.98 bits per heavy atom. The van der Waals surface area contributed by atoms with E-state index >= 15 is 0 Å². The van der Waals surface area contributed by atoms with Gasteiger partial charge in [0.15, 0.2) is 0 Å². The van der Waals surface area contributed by atoms with Gasteiger partial charge in [0, 0.05) is 13.0 Å². The fourth-order valence-corrected chi connectivity index (χ4v) is 5.45. The van der Waals surface area contributed by atoms with Gasteiger partial charge in [0.25, 0.3) is 0 Å². The van der Waals surface area contributed by atoms with Crippen LogP contribution in [0.15, 0.2) is 78.9 Å². The van der Waals surface area contributed by atoms with Crippen molar-refractivity contribution in [1.82, 2.24) is 10.2 Å². The van der Waals surface area contributed by atoms with Crippen LogP contribution < -0.4 is 14.8 Å². The summed E-state index contributed by atoms with van der Waals surface area (Å²) in [5.74, 6) is 0.721. The zero-order valence-corrected chi connectivity index (χ0v) is 22.8. The molecule has 0 saturated carbocycles. The normalized spacial score (nSPS) is 23.1. The number of aliphatic hydroxyl groups excluding tert-OH is 1. The first kappa shape index (κ1) is 27.6. The lowest BCUT2D eigenvalue weighted by Gasteiger charge is -2.39. The highest BCUT2D eigenvalue weighted by atomic mass is 16.6. The summed E-state index contributed by atoms with van der Waals surface area (Å²) in [5, 5.41) is 12.7. The first-order valence-electron chi connectivity index (χ1n) is 13.3. The second kappa shape index (κ2) is 11.7. The lowest BCUT2D eigenvalue weighted by molar-refractivity contribution is -0.129. The van der Waals surface area contributed by atoms with E-state index < -0.39 is 30.1 Å². The van der Waals surface area contributed by atoms with E-state index in [-0.39, 0.29) is 25.0 Å². The number of amides is 3. The van der Waals surface area contributed by atoms with Gasteiger partial charge in [0.1, 0.15) is 29.4 Å². The third-order valence-corrected chi connectivity index (χ3v) is 7.62. The van der Waals surface area contributed by atoms with Gasteiger partial charge >= 0.3 is 6.03 Å². The molecule has 9 nitrogen and oxygen atoms in total. The fraction of sp³-hybridized carbons (Fsp3) is 0.355. The van der Waals surface area contributed by atoms with E-state index in [1.165, 1.54) is 4.90 Å². The minimum Gasteiger partial charge on any atom is -0.497 e. The predicted molar refractivity (Wildman–Crippen MR) is 147 cm³/mol. The second-order valence-corrected chi connectivity index (χ2v) is 10.1. The molecule has 4 atom stereocenters. The topological polar surface area (TPSA) is 107 Å². The molecular weight excluding hydrogens is 512 g/mol. The highest BCUT2D eigenvalue weighted by Crippen LogP contribution is 2.45. The number of aliphatic hydroxyl groups is 1. The number of methoxy groups -OCH3 is 2. The van der Waals surface area contributed by atoms with Crippen LogP contribution in [0, 0.1) is 5.92 Å². The fourth-order valence-electron chi connectivity index (χ4n) is 5.45. The molecule has 0 aromatic heterocycles. The minimum absolute atomic E-state index is 0.223. The molecule has 3 aromatic rings. The van der Waals surface area contributed by atoms with Gasteiger partial charge in [0.2, 0.25) is 5.91 Å². The number of imide groups is 1. The first-order chi connectivity index (χ1) is 19.4. The lowest BCUT2D eigenvalue weighted by Crippen LogP contribution is -2.57. The number of carbonyl (C=O) groups is 2. The summed E-state index contributed by atoms with van der Waals surface area (Å²) in [6.45, 7) is 1.68. The standard InChI is InChI=1S/C31H34N2O7/c1-20-18-33(30(36)32-29(20)35)28-17-26(27(19-34)39-28)40-31(21-7-5-4-6-8-21,22-9-13-24(37-2)14-10-22)23-11-15-25(38-3)16-12-23/h4-16,20,26-28,34H,17-19H2,1-3H3,(H,32,35,36). The van der Waals surface area contributed by atoms with Gasteiger partial charge in [-0.05, 0) is 41.0 Å². The monoisotopic (exact) mass is 546 g/mol. The van der Waals surface area contributed by atoms with Crippen LogP contribution in [-0.2, 0) is 19.9 Å². The van der Waals surface area contributed by atoms with Crippen LogP contribution in [0.25, 0.3) is 0 Å². The maximum atomic E-state index is 12.7. The quantitative estimate of drug-likeness (QED) is 0.395. The number of carbonyl (C=O) groups excluding carboxylic acids is 2. The zero-order chi connectivity index (χ0) is 28.3. The number of ether oxygens (including phenoxy) is 4. The Morgan fingerprint density at radius 2 is 1.45 bits per heavy atom. The number of rotatable bonds is 9. The molecule has 210 valence electrons. The van der Waals surface area contributed by atoms with E-state index in [4.69, 9.17) is 18.9 Å². The van der Waals surface area contributed by atoms with Gasteiger partial charge in [-0.25, -0.2) is 4.79 Å². The second-order valence-electron chi connectivity index (χ2n) is 10.1. The smallest absolute Gasteiger partial charge is 0.326 e. The van der Waals surface area contributed by atoms with Crippen molar-refractivity contribution in [2.24, 2.45) is 5.92 Å². The third-order valence-electron chi connectivity index (χ3n) is 7.62. The largest absolute Gasteiger partial charge is 0.497 e. The van der Waals surface area contributed by atoms with E-state index in [0.29, 0.717) is 17.9 Å². The van der Waals surface area contributed by atoms with Gasteiger partial charge in [-0.3, -0.25) is 15.0 Å². The van der Waals surface area contributed by atoms with Gasteiger partial charge in [-0.2, -0.15) is 0 Å². The van der Waals surface area contributed by atoms with Crippen molar-refractivity contribution >= 4 is 11.9 Å². The zero-order valence-electron chi connectivity index (χ0n) is 22.8. The number of nitrogens with one attached hydrogen (secondary N) is 1. The summed E-state index contributed by atoms with van der Waals surface area (Å²) in [4.78, 5) is 26.2. The van der Waals surface area contributed by atoms with Crippen LogP contribution in [0.2, 0.25) is 0 Å². The van der Waals surface area contributed by atoms with Gasteiger partial charge in [-0.1, -0.05) is 61.5 Å². The van der Waals surface area contributed by atoms with Crippen LogP contribution >= 0.6 is 0 Å². The molecule has 2 N–H and O–H groups in total. The molecule has 5 rings (SSSR count). The Balaban J connectivity index is 1.59. The van der Waals surface area contributed by atoms with E-state index in [9.17, 15) is 14.7 Å². The van der Waals surface area contributed by atoms with Crippen molar-refractivity contribution in [2.75, 3.05) is 27.4 Å². The van der Waals surface area contributed by atoms with Crippen molar-refractivity contribution in [3.63, 3.8) is 0 Å². The number of urea groups is 1. The highest BCUT2D eigenvalue weighted by Gasteiger charge is 2.48. The van der Waals surface area contributed by atoms with E-state index in [2.05, 4.69) is 5.32 Å². The molecule has 0 aliphatic carbocycles. The Morgan fingerprint density at radius 1 is 0.900 bits per heavy atom. The molecule has 4 unspecified atom stereocenters. The summed E-state index contributed by atoms with van der Waals surface area (Å²) in [6.07, 6.45) is -1.66. The molecule has 9 heteroatoms. The molecule has 3 amide bonds. The summed E-state index contributed by atoms with van der Waals surface area (Å²) in [7, 11) is 3.24. The Bertz CT molecular complexity index is 1270. The number of hydrogen-bond donors (Lipinski definition) is 2. The van der Waals surface area contributed by atoms with Crippen LogP contribution in [0.3, 0.4) is 0 Å². The van der Waals surface area contributed by atoms with Gasteiger partial charge in [-0.15, -0.1) is 0 Å². The summed E-state index contributed by atoms with van der Waals surface area (Å²) in [6, 6.07) is 24.7. The van der Waals surface area contributed by atoms with Gasteiger partial charge < -0.3 is 24.1 Å². The Labute approximate surface area is 233 Å². The molecule has 0 bridgehead atoms. The van der Waals surface area contributed by atoms with Crippen molar-refractivity contribution < 1.29 is 33.6 Å². The van der Waals surface area contributed by atoms with Crippen LogP contribution in [-0.4, -0.2) is 67.8 Å². The van der Waals surface area contributed by atoms with Crippen molar-refractivity contribution in [3.05, 3.63) is 95.6 Å². The van der Waals surface area contributed by atoms with E-state index in [0.717, 1.165) is 16.7 Å². The molecular formula is C31H34N2O7. The molecule has 2 fully saturated rings. The molecule has 3 aromatic carbocycles. The lowest BCUT2D eigenvalue weighted by atomic mass is 9.79. The number of nitrogens with zero attached hydrogens (tertiary/aromatic N) is 1. The molecule has 0 spiro atoms. The minimum atomic E-state index is -1.11. The number of hydrogen-bond acceptors (Lipinski definition) is 7. The van der Waals surface area contributed by atoms with E-state index in [1.807, 2.05) is 78.9 Å². The Hall–Kier alpha value is -3.92. The summed E-state index contributed by atoms with van der Waals surface area (Å²) >= 11 is 0. The van der Waals surface area contributed by atoms with Crippen LogP contribution in [0.4, 0.5) is 4.79 Å². The average Bonchev–Trinajstić information content (AvgIpc) is 3.40. The summed E-state index contributed by atoms with van der Waals surface area (Å²) in [5.41, 5.74) is 1.46. The van der Waals surface area contributed by atoms with Crippen molar-refractivity contribution in [1.29, 1.82) is 0 Å². The summed E-state index contributed by atoms with van der Waals surface area (Å²) < 4.78 is 24.1. The third kappa shape index (κ3) is 5.15. The Kier molecular flexibility index (Phi) is 8.07. The maximum Gasteiger partial charge on any atom is 0.326 e. The van der Waals surface area contributed by atoms with Gasteiger partial charge in [0.05, 0.1) is 32.8 Å². The van der Waals surface area contributed by atoms with Crippen molar-refractivity contribution in [2.45, 2.75) is 37.4 Å². The molecule has 2 aliphatic rings. The predicted octanol–water partition coefficient (Wildman–Crippen LogP) is 3.68. The molecule has 2 aliphatic heterocycles. The molecule has 0 radical (unpaired) electrons. The van der Waals surface area contributed by atoms with Crippen LogP contribution in [0.1, 0.15) is 30.0 Å². The van der Waals surface area contributed by atoms with E-state index in [1.54, 1.807) is 21.1 Å². The average molecular weight is 547 g/mol. The number of benzene rings is 3. The first-order valence-corrected chi connectivity index (χ1v) is 13.3. The van der Waals surface area contributed by atoms with Crippen LogP contribution in [0.5, 0.6) is 11.5 Å². The highest BCUT2D eigenvalue weighted by molar-refractivity contribution is 5.97.